The first-order valence-electron chi connectivity index (χ1n) is 35.3. The molecule has 540 valence electrons. The molecular formula is C81H104N4O14Si2. The fraction of sp³-hybridized carbons (Fsp3) is 0.457. The molecule has 10 rings (SSSR count). The molecule has 2 aromatic heterocycles. The molecule has 2 fully saturated rings. The van der Waals surface area contributed by atoms with Crippen LogP contribution in [-0.4, -0.2) is 115 Å². The summed E-state index contributed by atoms with van der Waals surface area (Å²) < 4.78 is 80.9. The fourth-order valence-electron chi connectivity index (χ4n) is 12.8. The van der Waals surface area contributed by atoms with Gasteiger partial charge in [-0.3, -0.25) is 9.13 Å². The molecule has 0 unspecified atom stereocenters. The molecule has 0 amide bonds. The van der Waals surface area contributed by atoms with Gasteiger partial charge in [0, 0.05) is 36.4 Å². The quantitative estimate of drug-likeness (QED) is 0.0220. The SMILES string of the molecule is COc1ccc(C(OC[C@H]2O[C@@H](n3cc(C)c(OCCCCCCCOc4nc(=O)n([C@H]5C[C@H](O[Si](C)(C)C(C)(C)C)[C@@H](COC(c6ccccc6)(c6ccc(OC)cc6)c6ccc(OC)cc6)O5)cc4C)nc3=O)C[C@@H]2O[Si](C)(C)C(C)(C)C)(c2ccccc2)c2ccc(OC)cc2)cc1. The Labute approximate surface area is 598 Å². The Balaban J connectivity index is 0.754. The van der Waals surface area contributed by atoms with Crippen molar-refractivity contribution in [2.24, 2.45) is 0 Å². The molecule has 18 nitrogen and oxygen atoms in total. The summed E-state index contributed by atoms with van der Waals surface area (Å²) in [6.07, 6.45) is 5.37. The lowest BCUT2D eigenvalue weighted by Crippen LogP contribution is -2.47. The van der Waals surface area contributed by atoms with Crippen LogP contribution in [0.4, 0.5) is 0 Å². The Hall–Kier alpha value is -7.93. The number of hydrogen-bond donors (Lipinski definition) is 0. The summed E-state index contributed by atoms with van der Waals surface area (Å²) in [5.74, 6) is 3.49. The number of aryl methyl sites for hydroxylation is 2. The van der Waals surface area contributed by atoms with E-state index in [1.807, 2.05) is 147 Å². The molecule has 0 bridgehead atoms. The van der Waals surface area contributed by atoms with Crippen molar-refractivity contribution in [3.05, 3.63) is 236 Å². The second kappa shape index (κ2) is 32.6. The summed E-state index contributed by atoms with van der Waals surface area (Å²) in [4.78, 5) is 37.2. The van der Waals surface area contributed by atoms with Gasteiger partial charge in [-0.1, -0.05) is 170 Å². The summed E-state index contributed by atoms with van der Waals surface area (Å²) >= 11 is 0. The summed E-state index contributed by atoms with van der Waals surface area (Å²) in [5.41, 5.74) is 3.73. The zero-order valence-electron chi connectivity index (χ0n) is 61.9. The molecule has 6 atom stereocenters. The number of rotatable bonds is 32. The van der Waals surface area contributed by atoms with E-state index >= 15 is 0 Å². The van der Waals surface area contributed by atoms with Gasteiger partial charge >= 0.3 is 11.4 Å². The molecule has 0 aliphatic carbocycles. The van der Waals surface area contributed by atoms with E-state index < -0.39 is 76.1 Å². The van der Waals surface area contributed by atoms with E-state index in [2.05, 4.69) is 102 Å². The molecule has 0 spiro atoms. The first-order valence-corrected chi connectivity index (χ1v) is 41.1. The first kappa shape index (κ1) is 75.7. The summed E-state index contributed by atoms with van der Waals surface area (Å²) in [5, 5.41) is -0.198. The molecule has 2 saturated heterocycles. The van der Waals surface area contributed by atoms with Crippen LogP contribution < -0.4 is 39.8 Å². The zero-order valence-corrected chi connectivity index (χ0v) is 63.9. The van der Waals surface area contributed by atoms with Gasteiger partial charge in [-0.25, -0.2) is 9.59 Å². The minimum absolute atomic E-state index is 0.0989. The maximum atomic E-state index is 14.1. The Morgan fingerprint density at radius 2 is 0.713 bits per heavy atom. The van der Waals surface area contributed by atoms with Gasteiger partial charge in [0.1, 0.15) is 58.9 Å². The highest BCUT2D eigenvalue weighted by molar-refractivity contribution is 6.74. The molecule has 4 heterocycles. The molecule has 0 N–H and O–H groups in total. The molecule has 8 aromatic rings. The molecule has 2 aliphatic heterocycles. The highest BCUT2D eigenvalue weighted by Gasteiger charge is 2.50. The van der Waals surface area contributed by atoms with Crippen LogP contribution in [0.1, 0.15) is 143 Å². The van der Waals surface area contributed by atoms with Crippen LogP contribution in [0.2, 0.25) is 36.3 Å². The zero-order chi connectivity index (χ0) is 72.3. The Kier molecular flexibility index (Phi) is 24.4. The summed E-state index contributed by atoms with van der Waals surface area (Å²) in [6, 6.07) is 52.1. The lowest BCUT2D eigenvalue weighted by molar-refractivity contribution is -0.0928. The van der Waals surface area contributed by atoms with E-state index in [9.17, 15) is 9.59 Å². The highest BCUT2D eigenvalue weighted by Crippen LogP contribution is 2.48. The van der Waals surface area contributed by atoms with Crippen LogP contribution >= 0.6 is 0 Å². The van der Waals surface area contributed by atoms with Crippen LogP contribution in [0.25, 0.3) is 0 Å². The minimum Gasteiger partial charge on any atom is -0.497 e. The number of benzene rings is 6. The van der Waals surface area contributed by atoms with Crippen molar-refractivity contribution >= 4 is 16.6 Å². The lowest BCUT2D eigenvalue weighted by Gasteiger charge is -2.40. The van der Waals surface area contributed by atoms with E-state index in [-0.39, 0.29) is 23.3 Å². The Morgan fingerprint density at radius 1 is 0.426 bits per heavy atom. The van der Waals surface area contributed by atoms with Crippen LogP contribution in [0.5, 0.6) is 34.8 Å². The average Bonchev–Trinajstić information content (AvgIpc) is 1.30. The second-order valence-corrected chi connectivity index (χ2v) is 39.0. The second-order valence-electron chi connectivity index (χ2n) is 29.5. The molecule has 6 aromatic carbocycles. The molecular weight excluding hydrogens is 1310 g/mol. The lowest BCUT2D eigenvalue weighted by atomic mass is 9.80. The Bertz CT molecular complexity index is 3730. The van der Waals surface area contributed by atoms with E-state index in [0.717, 1.165) is 88.5 Å². The largest absolute Gasteiger partial charge is 0.497 e. The van der Waals surface area contributed by atoms with Gasteiger partial charge in [0.05, 0.1) is 67.1 Å². The number of aromatic nitrogens is 4. The van der Waals surface area contributed by atoms with Gasteiger partial charge in [0.2, 0.25) is 11.8 Å². The number of methoxy groups -OCH3 is 4. The third-order valence-electron chi connectivity index (χ3n) is 20.7. The summed E-state index contributed by atoms with van der Waals surface area (Å²) in [6.45, 7) is 27.1. The third-order valence-corrected chi connectivity index (χ3v) is 29.7. The van der Waals surface area contributed by atoms with Crippen molar-refractivity contribution in [2.45, 2.75) is 185 Å². The maximum Gasteiger partial charge on any atom is 0.352 e. The van der Waals surface area contributed by atoms with E-state index in [4.69, 9.17) is 56.2 Å². The topological polar surface area (TPSA) is 181 Å². The third kappa shape index (κ3) is 17.3. The predicted octanol–water partition coefficient (Wildman–Crippen LogP) is 16.2. The standard InChI is InChI=1S/C81H104N4O14Si2/c1-56-52-84(72-50-68(98-100(13,14)78(3,4)5)70(96-72)54-94-80(58-28-22-20-23-29-58,60-32-40-64(88-9)41-33-60)61-34-42-65(89-10)43-35-61)76(86)82-74(56)92-48-26-18-17-19-27-49-93-75-57(2)53-85(77(87)83-75)73-51-69(99-101(15,16)79(6,7)8)71(97-73)55-95-81(59-30-24-21-25-31-59,62-36-44-66(90-11)45-37-62)63-38-46-67(91-12)47-39-63/h20-25,28-47,52-53,68-73H,17-19,26-27,48-51,54-55H2,1-16H3/t68-,69-,70+,71+,72+,73+/m0/s1. The monoisotopic (exact) mass is 1410 g/mol. The van der Waals surface area contributed by atoms with Gasteiger partial charge < -0.3 is 56.2 Å². The van der Waals surface area contributed by atoms with E-state index in [0.29, 0.717) is 48.9 Å². The van der Waals surface area contributed by atoms with Crippen molar-refractivity contribution in [1.29, 1.82) is 0 Å². The number of nitrogens with zero attached hydrogens (tertiary/aromatic N) is 4. The molecule has 20 heteroatoms. The van der Waals surface area contributed by atoms with Gasteiger partial charge in [-0.15, -0.1) is 0 Å². The Morgan fingerprint density at radius 3 is 1.00 bits per heavy atom. The number of hydrogen-bond acceptors (Lipinski definition) is 16. The number of unbranched alkanes of at least 4 members (excludes halogenated alkanes) is 4. The predicted molar refractivity (Wildman–Crippen MR) is 398 cm³/mol. The maximum absolute atomic E-state index is 14.1. The van der Waals surface area contributed by atoms with Crippen LogP contribution in [0.15, 0.2) is 180 Å². The fourth-order valence-corrected chi connectivity index (χ4v) is 15.6. The average molecular weight is 1410 g/mol. The van der Waals surface area contributed by atoms with Crippen molar-refractivity contribution in [3.63, 3.8) is 0 Å². The summed E-state index contributed by atoms with van der Waals surface area (Å²) in [7, 11) is 1.86. The van der Waals surface area contributed by atoms with Gasteiger partial charge in [-0.2, -0.15) is 9.97 Å². The van der Waals surface area contributed by atoms with Crippen LogP contribution in [-0.2, 0) is 39.0 Å². The van der Waals surface area contributed by atoms with Gasteiger partial charge in [-0.05, 0) is 145 Å². The number of ether oxygens (including phenoxy) is 10. The van der Waals surface area contributed by atoms with Crippen molar-refractivity contribution in [2.75, 3.05) is 54.9 Å². The van der Waals surface area contributed by atoms with Crippen LogP contribution in [0.3, 0.4) is 0 Å². The van der Waals surface area contributed by atoms with Crippen molar-refractivity contribution < 1.29 is 56.2 Å². The van der Waals surface area contributed by atoms with Crippen molar-refractivity contribution in [1.82, 2.24) is 19.1 Å². The van der Waals surface area contributed by atoms with E-state index in [1.165, 1.54) is 0 Å². The van der Waals surface area contributed by atoms with Gasteiger partial charge in [0.15, 0.2) is 16.6 Å². The minimum atomic E-state index is -2.38. The van der Waals surface area contributed by atoms with Crippen molar-refractivity contribution in [3.8, 4) is 34.8 Å². The smallest absolute Gasteiger partial charge is 0.352 e. The molecule has 0 saturated carbocycles. The molecule has 2 aliphatic rings. The first-order chi connectivity index (χ1) is 48.2. The van der Waals surface area contributed by atoms with Gasteiger partial charge in [0.25, 0.3) is 0 Å². The highest BCUT2D eigenvalue weighted by atomic mass is 28.4. The molecule has 101 heavy (non-hydrogen) atoms. The van der Waals surface area contributed by atoms with Crippen LogP contribution in [0, 0.1) is 13.8 Å². The molecule has 0 radical (unpaired) electrons. The van der Waals surface area contributed by atoms with E-state index in [1.54, 1.807) is 50.0 Å². The normalized spacial score (nSPS) is 18.3.